The van der Waals surface area contributed by atoms with Gasteiger partial charge >= 0.3 is 0 Å². The minimum Gasteiger partial charge on any atom is -0.151 e. The van der Waals surface area contributed by atoms with Crippen LogP contribution >= 0.6 is 8.19 Å². The van der Waals surface area contributed by atoms with Crippen LogP contribution in [-0.2, 0) is 0 Å². The molecule has 2 fully saturated rings. The van der Waals surface area contributed by atoms with Crippen molar-refractivity contribution in [1.29, 1.82) is 0 Å². The zero-order valence-corrected chi connectivity index (χ0v) is 11.6. The average Bonchev–Trinajstić information content (AvgIpc) is 2.90. The first-order valence-electron chi connectivity index (χ1n) is 7.36. The van der Waals surface area contributed by atoms with Crippen molar-refractivity contribution in [3.63, 3.8) is 0 Å². The highest BCUT2D eigenvalue weighted by Crippen LogP contribution is 2.41. The van der Waals surface area contributed by atoms with E-state index in [1.165, 1.54) is 75.1 Å². The number of nitrogens with zero attached hydrogens (tertiary/aromatic N) is 2. The van der Waals surface area contributed by atoms with E-state index < -0.39 is 0 Å². The third-order valence-corrected chi connectivity index (χ3v) is 6.03. The van der Waals surface area contributed by atoms with E-state index in [1.54, 1.807) is 0 Å². The first kappa shape index (κ1) is 11.7. The van der Waals surface area contributed by atoms with Crippen molar-refractivity contribution in [2.75, 3.05) is 0 Å². The van der Waals surface area contributed by atoms with Gasteiger partial charge in [-0.1, -0.05) is 46.7 Å². The fourth-order valence-electron chi connectivity index (χ4n) is 3.41. The first-order chi connectivity index (χ1) is 8.43. The van der Waals surface area contributed by atoms with Crippen LogP contribution in [-0.4, -0.2) is 10.2 Å². The second kappa shape index (κ2) is 5.52. The molecule has 3 heteroatoms. The monoisotopic (exact) mass is 250 g/mol. The third kappa shape index (κ3) is 2.73. The summed E-state index contributed by atoms with van der Waals surface area (Å²) < 4.78 is 0. The highest BCUT2D eigenvalue weighted by Gasteiger charge is 2.22. The maximum atomic E-state index is 4.53. The van der Waals surface area contributed by atoms with Gasteiger partial charge in [0.05, 0.1) is 10.9 Å². The molecule has 94 valence electrons. The summed E-state index contributed by atoms with van der Waals surface area (Å²) >= 11 is 0. The molecule has 0 aliphatic heterocycles. The van der Waals surface area contributed by atoms with Crippen molar-refractivity contribution < 1.29 is 0 Å². The summed E-state index contributed by atoms with van der Waals surface area (Å²) in [6, 6.07) is 0. The van der Waals surface area contributed by atoms with Crippen molar-refractivity contribution in [1.82, 2.24) is 10.2 Å². The van der Waals surface area contributed by atoms with Crippen molar-refractivity contribution >= 4 is 8.19 Å². The molecule has 0 bridgehead atoms. The largest absolute Gasteiger partial charge is 0.151 e. The van der Waals surface area contributed by atoms with Gasteiger partial charge in [0.15, 0.2) is 0 Å². The zero-order chi connectivity index (χ0) is 11.5. The Balaban J connectivity index is 1.68. The predicted octanol–water partition coefficient (Wildman–Crippen LogP) is 4.60. The van der Waals surface area contributed by atoms with Crippen LogP contribution in [0, 0.1) is 0 Å². The summed E-state index contributed by atoms with van der Waals surface area (Å²) in [5.41, 5.74) is 2.90. The Hall–Kier alpha value is -0.360. The molecule has 0 spiro atoms. The lowest BCUT2D eigenvalue weighted by atomic mass is 9.90. The Labute approximate surface area is 106 Å². The number of hydrogen-bond donors (Lipinski definition) is 0. The van der Waals surface area contributed by atoms with Crippen molar-refractivity contribution in [3.8, 4) is 0 Å². The molecule has 0 atom stereocenters. The van der Waals surface area contributed by atoms with E-state index in [-0.39, 0.29) is 0 Å². The minimum absolute atomic E-state index is 0.784. The Morgan fingerprint density at radius 3 is 1.47 bits per heavy atom. The van der Waals surface area contributed by atoms with Crippen molar-refractivity contribution in [2.45, 2.75) is 76.0 Å². The highest BCUT2D eigenvalue weighted by molar-refractivity contribution is 7.31. The molecule has 1 aromatic heterocycles. The molecule has 1 heterocycles. The third-order valence-electron chi connectivity index (χ3n) is 4.51. The van der Waals surface area contributed by atoms with E-state index in [9.17, 15) is 0 Å². The summed E-state index contributed by atoms with van der Waals surface area (Å²) in [4.78, 5) is 0. The van der Waals surface area contributed by atoms with Crippen LogP contribution in [0.1, 0.15) is 86.9 Å². The molecule has 2 saturated carbocycles. The van der Waals surface area contributed by atoms with Gasteiger partial charge < -0.3 is 0 Å². The standard InChI is InChI=1S/C14H23N2P/c1-3-7-11(8-4-1)13-15-16-14(17-13)12-9-5-2-6-10-12/h11-12,17H,1-10H2. The smallest absolute Gasteiger partial charge is 0.0836 e. The lowest BCUT2D eigenvalue weighted by Crippen LogP contribution is -2.03. The number of hydrogen-bond acceptors (Lipinski definition) is 2. The van der Waals surface area contributed by atoms with Crippen LogP contribution in [0.4, 0.5) is 0 Å². The van der Waals surface area contributed by atoms with Crippen molar-refractivity contribution in [2.24, 2.45) is 0 Å². The SMILES string of the molecule is C1CCC(c2nnc(C3CCCCC3)[pH]2)CC1. The molecule has 0 unspecified atom stereocenters. The molecular weight excluding hydrogens is 227 g/mol. The Kier molecular flexibility index (Phi) is 3.80. The van der Waals surface area contributed by atoms with E-state index >= 15 is 0 Å². The van der Waals surface area contributed by atoms with Gasteiger partial charge in [-0.2, -0.15) is 10.2 Å². The molecule has 2 aliphatic carbocycles. The second-order valence-electron chi connectivity index (χ2n) is 5.77. The van der Waals surface area contributed by atoms with E-state index in [0.29, 0.717) is 0 Å². The van der Waals surface area contributed by atoms with Crippen molar-refractivity contribution in [3.05, 3.63) is 10.9 Å². The van der Waals surface area contributed by atoms with Crippen LogP contribution in [0.15, 0.2) is 0 Å². The summed E-state index contributed by atoms with van der Waals surface area (Å²) in [5, 5.41) is 9.07. The maximum absolute atomic E-state index is 4.53. The fourth-order valence-corrected chi connectivity index (χ4v) is 4.86. The lowest BCUT2D eigenvalue weighted by Gasteiger charge is -2.20. The molecule has 3 rings (SSSR count). The summed E-state index contributed by atoms with van der Waals surface area (Å²) in [7, 11) is 0.853. The van der Waals surface area contributed by atoms with Gasteiger partial charge in [-0.25, -0.2) is 0 Å². The van der Waals surface area contributed by atoms with Crippen LogP contribution in [0.5, 0.6) is 0 Å². The van der Waals surface area contributed by atoms with Gasteiger partial charge in [0, 0.05) is 11.8 Å². The first-order valence-corrected chi connectivity index (χ1v) is 8.36. The van der Waals surface area contributed by atoms with Gasteiger partial charge in [0.2, 0.25) is 0 Å². The average molecular weight is 250 g/mol. The lowest BCUT2D eigenvalue weighted by molar-refractivity contribution is 0.436. The summed E-state index contributed by atoms with van der Waals surface area (Å²) in [6.45, 7) is 0. The van der Waals surface area contributed by atoms with Gasteiger partial charge in [-0.3, -0.25) is 0 Å². The Bertz CT molecular complexity index is 316. The zero-order valence-electron chi connectivity index (χ0n) is 10.6. The Morgan fingerprint density at radius 1 is 0.647 bits per heavy atom. The molecule has 1 aromatic rings. The maximum Gasteiger partial charge on any atom is 0.0836 e. The number of rotatable bonds is 2. The van der Waals surface area contributed by atoms with Crippen LogP contribution in [0.25, 0.3) is 0 Å². The van der Waals surface area contributed by atoms with Crippen LogP contribution in [0.3, 0.4) is 0 Å². The normalized spacial score (nSPS) is 24.0. The second-order valence-corrected chi connectivity index (χ2v) is 7.04. The Morgan fingerprint density at radius 2 is 1.06 bits per heavy atom. The van der Waals surface area contributed by atoms with Gasteiger partial charge in [-0.15, -0.1) is 0 Å². The molecule has 17 heavy (non-hydrogen) atoms. The van der Waals surface area contributed by atoms with Crippen LogP contribution in [0.2, 0.25) is 0 Å². The topological polar surface area (TPSA) is 25.8 Å². The molecule has 0 amide bonds. The van der Waals surface area contributed by atoms with E-state index in [1.807, 2.05) is 0 Å². The molecule has 0 radical (unpaired) electrons. The summed E-state index contributed by atoms with van der Waals surface area (Å²) in [5.74, 6) is 1.57. The quantitative estimate of drug-likeness (QED) is 0.766. The van der Waals surface area contributed by atoms with Gasteiger partial charge in [-0.05, 0) is 25.7 Å². The molecular formula is C14H23N2P. The molecule has 0 aromatic carbocycles. The van der Waals surface area contributed by atoms with E-state index in [4.69, 9.17) is 0 Å². The van der Waals surface area contributed by atoms with Gasteiger partial charge in [0.1, 0.15) is 0 Å². The molecule has 2 aliphatic rings. The fraction of sp³-hybridized carbons (Fsp3) is 0.857. The predicted molar refractivity (Wildman–Crippen MR) is 73.2 cm³/mol. The highest BCUT2D eigenvalue weighted by atomic mass is 31.0. The molecule has 2 nitrogen and oxygen atoms in total. The molecule has 0 N–H and O–H groups in total. The van der Waals surface area contributed by atoms with Gasteiger partial charge in [0.25, 0.3) is 0 Å². The minimum atomic E-state index is 0.784. The summed E-state index contributed by atoms with van der Waals surface area (Å²) in [6.07, 6.45) is 14.0. The van der Waals surface area contributed by atoms with E-state index in [2.05, 4.69) is 10.2 Å². The van der Waals surface area contributed by atoms with Crippen LogP contribution < -0.4 is 0 Å². The van der Waals surface area contributed by atoms with E-state index in [0.717, 1.165) is 20.0 Å². The molecule has 0 saturated heterocycles. The number of aromatic nitrogens is 2.